The molecular weight excluding hydrogens is 142 g/mol. The first kappa shape index (κ1) is 6.31. The zero-order valence-electron chi connectivity index (χ0n) is 4.44. The number of hydrogen-bond donors (Lipinski definition) is 1. The lowest BCUT2D eigenvalue weighted by Gasteiger charge is -1.86. The first-order chi connectivity index (χ1) is 4.11. The van der Waals surface area contributed by atoms with Crippen molar-refractivity contribution in [3.8, 4) is 0 Å². The van der Waals surface area contributed by atoms with E-state index in [9.17, 15) is 8.42 Å². The zero-order valence-corrected chi connectivity index (χ0v) is 5.26. The van der Waals surface area contributed by atoms with Gasteiger partial charge >= 0.3 is 0 Å². The minimum Gasteiger partial charge on any atom is -0.452 e. The summed E-state index contributed by atoms with van der Waals surface area (Å²) in [4.78, 5) is 0. The fourth-order valence-corrected chi connectivity index (χ4v) is 0.883. The molecule has 0 spiro atoms. The lowest BCUT2D eigenvalue weighted by molar-refractivity contribution is 0.450. The molecule has 0 aromatic carbocycles. The zero-order chi connectivity index (χ0) is 6.91. The van der Waals surface area contributed by atoms with Crippen LogP contribution >= 0.6 is 0 Å². The Kier molecular flexibility index (Phi) is 1.30. The smallest absolute Gasteiger partial charge is 0.271 e. The third-order valence-electron chi connectivity index (χ3n) is 0.775. The van der Waals surface area contributed by atoms with Crippen LogP contribution in [0.2, 0.25) is 0 Å². The highest BCUT2D eigenvalue weighted by Crippen LogP contribution is 2.04. The van der Waals surface area contributed by atoms with Gasteiger partial charge < -0.3 is 4.42 Å². The van der Waals surface area contributed by atoms with Crippen LogP contribution in [-0.4, -0.2) is 8.42 Å². The molecule has 0 aliphatic heterocycles. The Bertz CT molecular complexity index is 273. The first-order valence-corrected chi connectivity index (χ1v) is 3.71. The number of nitrogens with two attached hydrogens (primary N) is 1. The van der Waals surface area contributed by atoms with E-state index in [1.54, 1.807) is 0 Å². The standard InChI is InChI=1S/C4H5NO3S/c5-9(6,7)4-2-1-3-8-4/h1-3H,(H2,5,6,7). The van der Waals surface area contributed by atoms with Gasteiger partial charge in [-0.1, -0.05) is 0 Å². The van der Waals surface area contributed by atoms with E-state index in [1.807, 2.05) is 0 Å². The molecule has 5 heteroatoms. The van der Waals surface area contributed by atoms with E-state index in [-0.39, 0.29) is 5.09 Å². The van der Waals surface area contributed by atoms with E-state index in [0.717, 1.165) is 0 Å². The fourth-order valence-electron chi connectivity index (χ4n) is 0.425. The molecule has 1 heterocycles. The Morgan fingerprint density at radius 3 is 2.44 bits per heavy atom. The Morgan fingerprint density at radius 2 is 2.22 bits per heavy atom. The average Bonchev–Trinajstić information content (AvgIpc) is 2.08. The summed E-state index contributed by atoms with van der Waals surface area (Å²) >= 11 is 0. The van der Waals surface area contributed by atoms with E-state index in [0.29, 0.717) is 0 Å². The molecule has 0 unspecified atom stereocenters. The summed E-state index contributed by atoms with van der Waals surface area (Å²) in [6.45, 7) is 0. The molecule has 0 atom stereocenters. The molecule has 1 aromatic heterocycles. The number of rotatable bonds is 1. The summed E-state index contributed by atoms with van der Waals surface area (Å²) in [6.07, 6.45) is 1.25. The maximum atomic E-state index is 10.4. The highest BCUT2D eigenvalue weighted by atomic mass is 32.2. The topological polar surface area (TPSA) is 73.3 Å². The summed E-state index contributed by atoms with van der Waals surface area (Å²) in [7, 11) is -3.63. The van der Waals surface area contributed by atoms with E-state index >= 15 is 0 Å². The van der Waals surface area contributed by atoms with Gasteiger partial charge in [0.05, 0.1) is 6.26 Å². The molecule has 0 radical (unpaired) electrons. The molecular formula is C4H5NO3S. The Balaban J connectivity index is 3.20. The van der Waals surface area contributed by atoms with Gasteiger partial charge in [0.1, 0.15) is 0 Å². The van der Waals surface area contributed by atoms with Crippen molar-refractivity contribution >= 4 is 10.0 Å². The number of primary sulfonamides is 1. The Labute approximate surface area is 52.3 Å². The summed E-state index contributed by atoms with van der Waals surface area (Å²) in [5.41, 5.74) is 0. The predicted molar refractivity (Wildman–Crippen MR) is 30.1 cm³/mol. The number of hydrogen-bond acceptors (Lipinski definition) is 3. The molecule has 9 heavy (non-hydrogen) atoms. The maximum absolute atomic E-state index is 10.4. The third-order valence-corrected chi connectivity index (χ3v) is 1.57. The highest BCUT2D eigenvalue weighted by molar-refractivity contribution is 7.89. The summed E-state index contributed by atoms with van der Waals surface area (Å²) < 4.78 is 25.2. The van der Waals surface area contributed by atoms with Crippen LogP contribution in [0.1, 0.15) is 0 Å². The van der Waals surface area contributed by atoms with Gasteiger partial charge in [0.25, 0.3) is 10.0 Å². The van der Waals surface area contributed by atoms with E-state index < -0.39 is 10.0 Å². The second-order valence-corrected chi connectivity index (χ2v) is 2.97. The van der Waals surface area contributed by atoms with Crippen LogP contribution in [0.15, 0.2) is 27.9 Å². The van der Waals surface area contributed by atoms with Crippen LogP contribution in [0.4, 0.5) is 0 Å². The van der Waals surface area contributed by atoms with Crippen LogP contribution in [0.25, 0.3) is 0 Å². The van der Waals surface area contributed by atoms with Crippen LogP contribution < -0.4 is 5.14 Å². The number of furan rings is 1. The van der Waals surface area contributed by atoms with Crippen LogP contribution in [0, 0.1) is 0 Å². The van der Waals surface area contributed by atoms with Gasteiger partial charge in [-0.2, -0.15) is 0 Å². The third kappa shape index (κ3) is 1.30. The van der Waals surface area contributed by atoms with Gasteiger partial charge in [-0.3, -0.25) is 0 Å². The molecule has 0 saturated carbocycles. The Morgan fingerprint density at radius 1 is 1.56 bits per heavy atom. The van der Waals surface area contributed by atoms with Gasteiger partial charge in [0.2, 0.25) is 5.09 Å². The largest absolute Gasteiger partial charge is 0.452 e. The van der Waals surface area contributed by atoms with Gasteiger partial charge in [0.15, 0.2) is 0 Å². The molecule has 50 valence electrons. The highest BCUT2D eigenvalue weighted by Gasteiger charge is 2.08. The molecule has 0 aliphatic rings. The van der Waals surface area contributed by atoms with Gasteiger partial charge in [-0.15, -0.1) is 0 Å². The van der Waals surface area contributed by atoms with Crippen LogP contribution in [-0.2, 0) is 10.0 Å². The maximum Gasteiger partial charge on any atom is 0.271 e. The van der Waals surface area contributed by atoms with Gasteiger partial charge in [-0.25, -0.2) is 13.6 Å². The van der Waals surface area contributed by atoms with Gasteiger partial charge in [-0.05, 0) is 12.1 Å². The lowest BCUT2D eigenvalue weighted by Crippen LogP contribution is -2.10. The van der Waals surface area contributed by atoms with Crippen molar-refractivity contribution in [1.29, 1.82) is 0 Å². The lowest BCUT2D eigenvalue weighted by atomic mass is 10.7. The van der Waals surface area contributed by atoms with Crippen molar-refractivity contribution in [1.82, 2.24) is 0 Å². The van der Waals surface area contributed by atoms with Crippen LogP contribution in [0.5, 0.6) is 0 Å². The fraction of sp³-hybridized carbons (Fsp3) is 0. The Hall–Kier alpha value is -0.810. The van der Waals surface area contributed by atoms with Crippen molar-refractivity contribution in [2.45, 2.75) is 5.09 Å². The van der Waals surface area contributed by atoms with E-state index in [2.05, 4.69) is 9.56 Å². The molecule has 0 aliphatic carbocycles. The molecule has 2 N–H and O–H groups in total. The minimum absolute atomic E-state index is 0.206. The normalized spacial score (nSPS) is 11.7. The van der Waals surface area contributed by atoms with Gasteiger partial charge in [0, 0.05) is 0 Å². The monoisotopic (exact) mass is 147 g/mol. The first-order valence-electron chi connectivity index (χ1n) is 2.17. The quantitative estimate of drug-likeness (QED) is 0.604. The van der Waals surface area contributed by atoms with Crippen molar-refractivity contribution in [2.75, 3.05) is 0 Å². The van der Waals surface area contributed by atoms with Crippen molar-refractivity contribution in [3.63, 3.8) is 0 Å². The predicted octanol–water partition coefficient (Wildman–Crippen LogP) is -0.0730. The number of sulfonamides is 1. The van der Waals surface area contributed by atoms with E-state index in [4.69, 9.17) is 0 Å². The minimum atomic E-state index is -3.63. The molecule has 1 aromatic rings. The summed E-state index contributed by atoms with van der Waals surface area (Å²) in [6, 6.07) is 2.75. The average molecular weight is 147 g/mol. The molecule has 0 fully saturated rings. The molecule has 1 rings (SSSR count). The van der Waals surface area contributed by atoms with Crippen molar-refractivity contribution < 1.29 is 12.8 Å². The molecule has 0 amide bonds. The molecule has 4 nitrogen and oxygen atoms in total. The second-order valence-electron chi connectivity index (χ2n) is 1.48. The SMILES string of the molecule is NS(=O)(=O)c1ccco1. The summed E-state index contributed by atoms with van der Waals surface area (Å²) in [5.74, 6) is 0. The van der Waals surface area contributed by atoms with Crippen LogP contribution in [0.3, 0.4) is 0 Å². The van der Waals surface area contributed by atoms with E-state index in [1.165, 1.54) is 18.4 Å². The van der Waals surface area contributed by atoms with Crippen molar-refractivity contribution in [2.24, 2.45) is 5.14 Å². The molecule has 0 saturated heterocycles. The summed E-state index contributed by atoms with van der Waals surface area (Å²) in [5, 5.41) is 4.47. The second kappa shape index (κ2) is 1.85. The molecule has 0 bridgehead atoms. The van der Waals surface area contributed by atoms with Crippen molar-refractivity contribution in [3.05, 3.63) is 18.4 Å².